The van der Waals surface area contributed by atoms with Crippen LogP contribution in [0.4, 0.5) is 9.93 Å². The molecule has 1 aliphatic carbocycles. The molecule has 0 unspecified atom stereocenters. The molecule has 10 heteroatoms. The zero-order valence-corrected chi connectivity index (χ0v) is 19.3. The zero-order valence-electron chi connectivity index (χ0n) is 18.5. The van der Waals surface area contributed by atoms with E-state index in [-0.39, 0.29) is 22.5 Å². The summed E-state index contributed by atoms with van der Waals surface area (Å²) in [6, 6.07) is 14.8. The van der Waals surface area contributed by atoms with Crippen LogP contribution in [0.15, 0.2) is 54.7 Å². The van der Waals surface area contributed by atoms with Gasteiger partial charge in [-0.2, -0.15) is 0 Å². The second-order valence-electron chi connectivity index (χ2n) is 7.71. The van der Waals surface area contributed by atoms with E-state index in [4.69, 9.17) is 9.47 Å². The lowest BCUT2D eigenvalue weighted by Crippen LogP contribution is -2.48. The van der Waals surface area contributed by atoms with Crippen molar-refractivity contribution in [1.82, 2.24) is 10.3 Å². The summed E-state index contributed by atoms with van der Waals surface area (Å²) in [4.78, 5) is 40.3. The number of ether oxygens (including phenoxy) is 2. The maximum absolute atomic E-state index is 12.4. The van der Waals surface area contributed by atoms with Gasteiger partial charge in [0.1, 0.15) is 11.5 Å². The third kappa shape index (κ3) is 4.78. The van der Waals surface area contributed by atoms with E-state index in [0.717, 1.165) is 33.6 Å². The van der Waals surface area contributed by atoms with Gasteiger partial charge in [-0.15, -0.1) is 0 Å². The lowest BCUT2D eigenvalue weighted by atomic mass is 9.98. The minimum absolute atomic E-state index is 0.0773. The van der Waals surface area contributed by atoms with Crippen molar-refractivity contribution >= 4 is 34.4 Å². The molecule has 2 aromatic carbocycles. The summed E-state index contributed by atoms with van der Waals surface area (Å²) in [7, 11) is 1.36. The fourth-order valence-electron chi connectivity index (χ4n) is 3.89. The molecule has 0 fully saturated rings. The molecule has 4 rings (SSSR count). The zero-order chi connectivity index (χ0) is 24.2. The molecule has 1 heterocycles. The van der Waals surface area contributed by atoms with E-state index >= 15 is 0 Å². The van der Waals surface area contributed by atoms with Crippen molar-refractivity contribution in [2.45, 2.75) is 25.0 Å². The van der Waals surface area contributed by atoms with Gasteiger partial charge < -0.3 is 19.9 Å². The fourth-order valence-corrected chi connectivity index (χ4v) is 4.59. The van der Waals surface area contributed by atoms with E-state index in [1.54, 1.807) is 0 Å². The summed E-state index contributed by atoms with van der Waals surface area (Å²) in [5, 5.41) is 14.4. The van der Waals surface area contributed by atoms with Crippen LogP contribution < -0.4 is 10.6 Å². The summed E-state index contributed by atoms with van der Waals surface area (Å²) in [5.74, 6) is -1.93. The van der Waals surface area contributed by atoms with Crippen LogP contribution in [0, 0.1) is 0 Å². The topological polar surface area (TPSA) is 127 Å². The van der Waals surface area contributed by atoms with Crippen LogP contribution in [0.25, 0.3) is 11.1 Å². The lowest BCUT2D eigenvalue weighted by Gasteiger charge is -2.19. The number of anilines is 1. The van der Waals surface area contributed by atoms with Gasteiger partial charge in [0.15, 0.2) is 11.2 Å². The van der Waals surface area contributed by atoms with Crippen molar-refractivity contribution in [2.24, 2.45) is 0 Å². The van der Waals surface area contributed by atoms with Gasteiger partial charge in [-0.05, 0) is 29.2 Å². The number of methoxy groups -OCH3 is 1. The minimum Gasteiger partial charge on any atom is -0.480 e. The summed E-state index contributed by atoms with van der Waals surface area (Å²) < 4.78 is 10.5. The lowest BCUT2D eigenvalue weighted by molar-refractivity contribution is -0.142. The predicted molar refractivity (Wildman–Crippen MR) is 126 cm³/mol. The number of nitrogens with one attached hydrogen (secondary N) is 2. The van der Waals surface area contributed by atoms with Crippen LogP contribution in [-0.2, 0) is 14.3 Å². The van der Waals surface area contributed by atoms with Crippen molar-refractivity contribution in [2.75, 3.05) is 19.0 Å². The Morgan fingerprint density at radius 1 is 1.09 bits per heavy atom. The van der Waals surface area contributed by atoms with Gasteiger partial charge in [0.05, 0.1) is 12.3 Å². The van der Waals surface area contributed by atoms with Crippen LogP contribution >= 0.6 is 11.3 Å². The highest BCUT2D eigenvalue weighted by atomic mass is 32.1. The van der Waals surface area contributed by atoms with Crippen molar-refractivity contribution < 1.29 is 29.0 Å². The molecule has 3 N–H and O–H groups in total. The molecule has 9 nitrogen and oxygen atoms in total. The summed E-state index contributed by atoms with van der Waals surface area (Å²) in [5.41, 5.74) is 4.46. The molecule has 34 heavy (non-hydrogen) atoms. The minimum atomic E-state index is -1.22. The quantitative estimate of drug-likeness (QED) is 0.447. The number of carboxylic acid groups (broad SMARTS) is 1. The molecule has 1 aliphatic rings. The number of nitrogens with zero attached hydrogens (tertiary/aromatic N) is 1. The Bertz CT molecular complexity index is 1180. The number of hydrogen-bond acceptors (Lipinski definition) is 7. The van der Waals surface area contributed by atoms with Crippen LogP contribution in [0.1, 0.15) is 33.6 Å². The highest BCUT2D eigenvalue weighted by Gasteiger charge is 2.30. The third-order valence-corrected chi connectivity index (χ3v) is 6.59. The Morgan fingerprint density at radius 2 is 1.71 bits per heavy atom. The number of benzene rings is 2. The van der Waals surface area contributed by atoms with Crippen molar-refractivity contribution in [3.8, 4) is 11.1 Å². The van der Waals surface area contributed by atoms with Gasteiger partial charge in [-0.25, -0.2) is 14.6 Å². The van der Waals surface area contributed by atoms with Gasteiger partial charge in [0, 0.05) is 13.0 Å². The first-order valence-electron chi connectivity index (χ1n) is 10.5. The van der Waals surface area contributed by atoms with Crippen molar-refractivity contribution in [3.63, 3.8) is 0 Å². The highest BCUT2D eigenvalue weighted by Crippen LogP contribution is 2.44. The Kier molecular flexibility index (Phi) is 6.90. The van der Waals surface area contributed by atoms with Crippen molar-refractivity contribution in [1.29, 1.82) is 0 Å². The molecular weight excluding hydrogens is 458 g/mol. The molecule has 2 atom stereocenters. The smallest absolute Gasteiger partial charge is 0.413 e. The molecule has 1 aromatic heterocycles. The first kappa shape index (κ1) is 23.4. The molecule has 0 bridgehead atoms. The monoisotopic (exact) mass is 481 g/mol. The van der Waals surface area contributed by atoms with Gasteiger partial charge in [0.2, 0.25) is 0 Å². The molecule has 0 saturated heterocycles. The van der Waals surface area contributed by atoms with Gasteiger partial charge in [0.25, 0.3) is 5.91 Å². The second-order valence-corrected chi connectivity index (χ2v) is 8.74. The number of carbonyl (C=O) groups is 3. The normalized spacial score (nSPS) is 13.9. The largest absolute Gasteiger partial charge is 0.480 e. The number of rotatable bonds is 8. The number of fused-ring (bicyclic) bond motifs is 3. The summed E-state index contributed by atoms with van der Waals surface area (Å²) in [6.07, 6.45) is -0.164. The van der Waals surface area contributed by atoms with Crippen LogP contribution in [0.2, 0.25) is 0 Å². The number of aliphatic carboxylic acids is 1. The maximum Gasteiger partial charge on any atom is 0.413 e. The van der Waals surface area contributed by atoms with Crippen LogP contribution in [0.5, 0.6) is 0 Å². The number of aromatic nitrogens is 1. The molecule has 176 valence electrons. The van der Waals surface area contributed by atoms with Gasteiger partial charge in [-0.3, -0.25) is 10.1 Å². The second kappa shape index (κ2) is 10.0. The van der Waals surface area contributed by atoms with E-state index in [9.17, 15) is 19.5 Å². The Hall–Kier alpha value is -3.76. The van der Waals surface area contributed by atoms with Crippen molar-refractivity contribution in [3.05, 3.63) is 70.7 Å². The van der Waals surface area contributed by atoms with Crippen LogP contribution in [0.3, 0.4) is 0 Å². The molecule has 3 aromatic rings. The summed E-state index contributed by atoms with van der Waals surface area (Å²) >= 11 is 0.909. The number of amides is 2. The SMILES string of the molecule is CO[C@H](C)[C@H](NC(=O)c1cnc(NC(=O)OCC2c3ccccc3-c3ccccc32)s1)C(=O)O. The van der Waals surface area contributed by atoms with E-state index in [2.05, 4.69) is 27.8 Å². The molecule has 0 aliphatic heterocycles. The third-order valence-electron chi connectivity index (χ3n) is 5.68. The van der Waals surface area contributed by atoms with E-state index in [0.29, 0.717) is 0 Å². The Balaban J connectivity index is 1.37. The highest BCUT2D eigenvalue weighted by molar-refractivity contribution is 7.17. The average Bonchev–Trinajstić information content (AvgIpc) is 3.43. The standard InChI is InChI=1S/C24H23N3O6S/c1-13(32-2)20(22(29)30)26-21(28)19-11-25-23(34-19)27-24(31)33-12-18-16-9-5-3-7-14(16)15-8-4-6-10-17(15)18/h3-11,13,18,20H,12H2,1-2H3,(H,26,28)(H,29,30)(H,25,27,31)/t13-,20+/m1/s1. The van der Waals surface area contributed by atoms with E-state index in [1.165, 1.54) is 20.2 Å². The Morgan fingerprint density at radius 3 is 2.29 bits per heavy atom. The average molecular weight is 482 g/mol. The van der Waals surface area contributed by atoms with Crippen LogP contribution in [-0.4, -0.2) is 53.9 Å². The van der Waals surface area contributed by atoms with E-state index in [1.807, 2.05) is 36.4 Å². The first-order valence-corrected chi connectivity index (χ1v) is 11.3. The predicted octanol–water partition coefficient (Wildman–Crippen LogP) is 3.72. The fraction of sp³-hybridized carbons (Fsp3) is 0.250. The molecule has 2 amide bonds. The number of hydrogen-bond donors (Lipinski definition) is 3. The Labute approximate surface area is 199 Å². The van der Waals surface area contributed by atoms with Gasteiger partial charge in [-0.1, -0.05) is 59.9 Å². The maximum atomic E-state index is 12.4. The van der Waals surface area contributed by atoms with E-state index < -0.39 is 30.1 Å². The number of thiazole rings is 1. The first-order chi connectivity index (χ1) is 16.4. The number of carboxylic acids is 1. The molecule has 0 radical (unpaired) electrons. The van der Waals surface area contributed by atoms with Gasteiger partial charge >= 0.3 is 12.1 Å². The molecule has 0 spiro atoms. The molecular formula is C24H23N3O6S. The summed E-state index contributed by atoms with van der Waals surface area (Å²) in [6.45, 7) is 1.68. The molecule has 0 saturated carbocycles. The number of carbonyl (C=O) groups excluding carboxylic acids is 2.